The molecule has 1 fully saturated rings. The summed E-state index contributed by atoms with van der Waals surface area (Å²) in [5.74, 6) is 1.11. The van der Waals surface area contributed by atoms with Crippen LogP contribution in [0, 0.1) is 6.92 Å². The molecule has 1 aromatic heterocycles. The van der Waals surface area contributed by atoms with Gasteiger partial charge in [0, 0.05) is 45.8 Å². The molecule has 1 aliphatic rings. The largest absolute Gasteiger partial charge is 0.450 e. The van der Waals surface area contributed by atoms with Crippen LogP contribution in [0.15, 0.2) is 36.4 Å². The van der Waals surface area contributed by atoms with Crippen LogP contribution < -0.4 is 4.90 Å². The SMILES string of the molecule is CCOC(=O)N1CCN(c2cc(C(=O)N(C)Cc3ccccc3)nc(C)n2)CC1. The normalized spacial score (nSPS) is 13.9. The van der Waals surface area contributed by atoms with E-state index in [9.17, 15) is 9.59 Å². The van der Waals surface area contributed by atoms with Crippen molar-refractivity contribution < 1.29 is 14.3 Å². The van der Waals surface area contributed by atoms with E-state index in [0.29, 0.717) is 56.7 Å². The minimum Gasteiger partial charge on any atom is -0.450 e. The number of hydrogen-bond donors (Lipinski definition) is 0. The van der Waals surface area contributed by atoms with Crippen LogP contribution in [0.4, 0.5) is 10.6 Å². The molecule has 1 saturated heterocycles. The maximum atomic E-state index is 12.9. The maximum absolute atomic E-state index is 12.9. The number of ether oxygens (including phenoxy) is 1. The van der Waals surface area contributed by atoms with Crippen molar-refractivity contribution in [1.82, 2.24) is 19.8 Å². The number of anilines is 1. The van der Waals surface area contributed by atoms with Crippen molar-refractivity contribution in [2.45, 2.75) is 20.4 Å². The van der Waals surface area contributed by atoms with E-state index >= 15 is 0 Å². The summed E-state index contributed by atoms with van der Waals surface area (Å²) in [6.45, 7) is 6.82. The van der Waals surface area contributed by atoms with E-state index in [1.54, 1.807) is 36.8 Å². The van der Waals surface area contributed by atoms with Gasteiger partial charge in [0.25, 0.3) is 5.91 Å². The molecule has 1 aliphatic heterocycles. The topological polar surface area (TPSA) is 78.9 Å². The second kappa shape index (κ2) is 9.36. The molecule has 154 valence electrons. The van der Waals surface area contributed by atoms with Gasteiger partial charge in [0.05, 0.1) is 6.61 Å². The van der Waals surface area contributed by atoms with Crippen molar-refractivity contribution >= 4 is 17.8 Å². The molecule has 2 aromatic rings. The maximum Gasteiger partial charge on any atom is 0.409 e. The highest BCUT2D eigenvalue weighted by Gasteiger charge is 2.24. The van der Waals surface area contributed by atoms with Gasteiger partial charge in [-0.05, 0) is 19.4 Å². The van der Waals surface area contributed by atoms with Crippen LogP contribution in [0.5, 0.6) is 0 Å². The summed E-state index contributed by atoms with van der Waals surface area (Å²) < 4.78 is 5.06. The van der Waals surface area contributed by atoms with Crippen LogP contribution in [-0.4, -0.2) is 71.6 Å². The standard InChI is InChI=1S/C21H27N5O3/c1-4-29-21(28)26-12-10-25(11-13-26)19-14-18(22-16(2)23-19)20(27)24(3)15-17-8-6-5-7-9-17/h5-9,14H,4,10-13,15H2,1-3H3. The summed E-state index contributed by atoms with van der Waals surface area (Å²) in [7, 11) is 1.77. The van der Waals surface area contributed by atoms with Gasteiger partial charge in [-0.2, -0.15) is 0 Å². The average Bonchev–Trinajstić information content (AvgIpc) is 2.73. The summed E-state index contributed by atoms with van der Waals surface area (Å²) in [5.41, 5.74) is 1.43. The van der Waals surface area contributed by atoms with Gasteiger partial charge in [0.15, 0.2) is 0 Å². The van der Waals surface area contributed by atoms with Crippen molar-refractivity contribution in [3.8, 4) is 0 Å². The third-order valence-electron chi connectivity index (χ3n) is 4.78. The molecule has 0 atom stereocenters. The Morgan fingerprint density at radius 3 is 2.45 bits per heavy atom. The predicted molar refractivity (Wildman–Crippen MR) is 110 cm³/mol. The molecule has 3 rings (SSSR count). The molecule has 8 nitrogen and oxygen atoms in total. The molecule has 2 heterocycles. The summed E-state index contributed by atoms with van der Waals surface area (Å²) >= 11 is 0. The highest BCUT2D eigenvalue weighted by molar-refractivity contribution is 5.92. The first-order chi connectivity index (χ1) is 14.0. The summed E-state index contributed by atoms with van der Waals surface area (Å²) in [6.07, 6.45) is -0.288. The molecule has 8 heteroatoms. The summed E-state index contributed by atoms with van der Waals surface area (Å²) in [4.78, 5) is 39.0. The number of nitrogens with zero attached hydrogens (tertiary/aromatic N) is 5. The van der Waals surface area contributed by atoms with E-state index in [0.717, 1.165) is 5.56 Å². The van der Waals surface area contributed by atoms with Crippen LogP contribution in [-0.2, 0) is 11.3 Å². The van der Waals surface area contributed by atoms with Gasteiger partial charge in [-0.15, -0.1) is 0 Å². The first-order valence-electron chi connectivity index (χ1n) is 9.79. The molecule has 0 N–H and O–H groups in total. The van der Waals surface area contributed by atoms with Crippen molar-refractivity contribution in [3.05, 3.63) is 53.5 Å². The van der Waals surface area contributed by atoms with E-state index in [2.05, 4.69) is 14.9 Å². The van der Waals surface area contributed by atoms with Crippen LogP contribution in [0.1, 0.15) is 28.8 Å². The Morgan fingerprint density at radius 1 is 1.10 bits per heavy atom. The number of aryl methyl sites for hydroxylation is 1. The second-order valence-corrected chi connectivity index (χ2v) is 6.98. The molecule has 29 heavy (non-hydrogen) atoms. The molecular formula is C21H27N5O3. The van der Waals surface area contributed by atoms with Gasteiger partial charge in [-0.1, -0.05) is 30.3 Å². The zero-order valence-corrected chi connectivity index (χ0v) is 17.2. The Labute approximate surface area is 171 Å². The van der Waals surface area contributed by atoms with E-state index < -0.39 is 0 Å². The van der Waals surface area contributed by atoms with E-state index in [1.165, 1.54) is 0 Å². The predicted octanol–water partition coefficient (Wildman–Crippen LogP) is 2.34. The van der Waals surface area contributed by atoms with Crippen molar-refractivity contribution in [1.29, 1.82) is 0 Å². The van der Waals surface area contributed by atoms with Crippen molar-refractivity contribution in [3.63, 3.8) is 0 Å². The zero-order valence-electron chi connectivity index (χ0n) is 17.2. The van der Waals surface area contributed by atoms with E-state index in [-0.39, 0.29) is 12.0 Å². The fourth-order valence-corrected chi connectivity index (χ4v) is 3.28. The fraction of sp³-hybridized carbons (Fsp3) is 0.429. The number of carbonyl (C=O) groups is 2. The van der Waals surface area contributed by atoms with Gasteiger partial charge in [0.1, 0.15) is 17.3 Å². The number of rotatable bonds is 5. The number of piperazine rings is 1. The lowest BCUT2D eigenvalue weighted by atomic mass is 10.2. The minimum absolute atomic E-state index is 0.147. The molecule has 0 unspecified atom stereocenters. The Kier molecular flexibility index (Phi) is 6.64. The molecule has 0 bridgehead atoms. The lowest BCUT2D eigenvalue weighted by Crippen LogP contribution is -2.49. The highest BCUT2D eigenvalue weighted by atomic mass is 16.6. The number of amides is 2. The Morgan fingerprint density at radius 2 is 1.79 bits per heavy atom. The lowest BCUT2D eigenvalue weighted by molar-refractivity contribution is 0.0778. The molecule has 0 radical (unpaired) electrons. The number of hydrogen-bond acceptors (Lipinski definition) is 6. The van der Waals surface area contributed by atoms with E-state index in [1.807, 2.05) is 30.3 Å². The molecule has 1 aromatic carbocycles. The van der Waals surface area contributed by atoms with Gasteiger partial charge >= 0.3 is 6.09 Å². The lowest BCUT2D eigenvalue weighted by Gasteiger charge is -2.34. The van der Waals surface area contributed by atoms with Gasteiger partial charge in [-0.3, -0.25) is 4.79 Å². The van der Waals surface area contributed by atoms with Crippen LogP contribution in [0.2, 0.25) is 0 Å². The molecule has 0 aliphatic carbocycles. The highest BCUT2D eigenvalue weighted by Crippen LogP contribution is 2.17. The van der Waals surface area contributed by atoms with Gasteiger partial charge < -0.3 is 19.4 Å². The monoisotopic (exact) mass is 397 g/mol. The molecule has 0 spiro atoms. The molecule has 2 amide bonds. The first-order valence-corrected chi connectivity index (χ1v) is 9.79. The molecular weight excluding hydrogens is 370 g/mol. The Hall–Kier alpha value is -3.16. The summed E-state index contributed by atoms with van der Waals surface area (Å²) in [6, 6.07) is 11.6. The smallest absolute Gasteiger partial charge is 0.409 e. The van der Waals surface area contributed by atoms with Gasteiger partial charge in [-0.25, -0.2) is 14.8 Å². The van der Waals surface area contributed by atoms with E-state index in [4.69, 9.17) is 4.74 Å². The molecule has 0 saturated carbocycles. The second-order valence-electron chi connectivity index (χ2n) is 6.98. The average molecular weight is 397 g/mol. The summed E-state index contributed by atoms with van der Waals surface area (Å²) in [5, 5.41) is 0. The van der Waals surface area contributed by atoms with Crippen LogP contribution in [0.25, 0.3) is 0 Å². The number of aromatic nitrogens is 2. The Balaban J connectivity index is 1.68. The number of carbonyl (C=O) groups excluding carboxylic acids is 2. The van der Waals surface area contributed by atoms with Gasteiger partial charge in [0.2, 0.25) is 0 Å². The van der Waals surface area contributed by atoms with Crippen LogP contribution >= 0.6 is 0 Å². The fourth-order valence-electron chi connectivity index (χ4n) is 3.28. The van der Waals surface area contributed by atoms with Crippen molar-refractivity contribution in [2.75, 3.05) is 44.7 Å². The minimum atomic E-state index is -0.288. The zero-order chi connectivity index (χ0) is 20.8. The Bertz CT molecular complexity index is 851. The quantitative estimate of drug-likeness (QED) is 0.771. The third-order valence-corrected chi connectivity index (χ3v) is 4.78. The number of benzene rings is 1. The third kappa shape index (κ3) is 5.22. The first kappa shape index (κ1) is 20.6. The van der Waals surface area contributed by atoms with Crippen LogP contribution in [0.3, 0.4) is 0 Å². The van der Waals surface area contributed by atoms with Crippen molar-refractivity contribution in [2.24, 2.45) is 0 Å².